The van der Waals surface area contributed by atoms with Gasteiger partial charge in [-0.25, -0.2) is 4.90 Å². The first-order valence-electron chi connectivity index (χ1n) is 9.07. The van der Waals surface area contributed by atoms with Gasteiger partial charge in [-0.05, 0) is 24.6 Å². The number of hydrogen-bond donors (Lipinski definition) is 2. The molecule has 8 heteroatoms. The van der Waals surface area contributed by atoms with E-state index in [1.165, 1.54) is 6.07 Å². The van der Waals surface area contributed by atoms with Crippen LogP contribution in [0.5, 0.6) is 0 Å². The largest absolute Gasteiger partial charge is 0.396 e. The van der Waals surface area contributed by atoms with Crippen molar-refractivity contribution in [3.63, 3.8) is 0 Å². The normalized spacial score (nSPS) is 13.1. The molecule has 0 atom stereocenters. The molecule has 0 unspecified atom stereocenters. The van der Waals surface area contributed by atoms with E-state index in [0.717, 1.165) is 4.90 Å². The van der Waals surface area contributed by atoms with Crippen molar-refractivity contribution >= 4 is 39.6 Å². The van der Waals surface area contributed by atoms with Crippen molar-refractivity contribution in [3.8, 4) is 0 Å². The van der Waals surface area contributed by atoms with Crippen molar-refractivity contribution < 1.29 is 19.6 Å². The number of nitro benzene ring substituents is 1. The van der Waals surface area contributed by atoms with E-state index < -0.39 is 16.7 Å². The lowest BCUT2D eigenvalue weighted by molar-refractivity contribution is -0.383. The third kappa shape index (κ3) is 2.99. The zero-order valence-corrected chi connectivity index (χ0v) is 15.3. The predicted octanol–water partition coefficient (Wildman–Crippen LogP) is 3.34. The van der Waals surface area contributed by atoms with Gasteiger partial charge < -0.3 is 10.4 Å². The first-order chi connectivity index (χ1) is 14.0. The number of aliphatic hydroxyl groups is 1. The average molecular weight is 391 g/mol. The Hall–Kier alpha value is -3.78. The highest BCUT2D eigenvalue weighted by Crippen LogP contribution is 2.41. The van der Waals surface area contributed by atoms with Gasteiger partial charge in [0.1, 0.15) is 5.69 Å². The van der Waals surface area contributed by atoms with Crippen molar-refractivity contribution in [2.24, 2.45) is 0 Å². The van der Waals surface area contributed by atoms with Crippen molar-refractivity contribution in [2.45, 2.75) is 6.42 Å². The summed E-state index contributed by atoms with van der Waals surface area (Å²) in [5, 5.41) is 24.5. The molecule has 4 rings (SSSR count). The predicted molar refractivity (Wildman–Crippen MR) is 108 cm³/mol. The Morgan fingerprint density at radius 1 is 1.00 bits per heavy atom. The Labute approximate surface area is 165 Å². The molecular formula is C21H17N3O5. The van der Waals surface area contributed by atoms with Crippen LogP contribution in [0.2, 0.25) is 0 Å². The Kier molecular flexibility index (Phi) is 4.69. The molecule has 29 heavy (non-hydrogen) atoms. The maximum atomic E-state index is 13.2. The van der Waals surface area contributed by atoms with E-state index in [-0.39, 0.29) is 23.5 Å². The minimum Gasteiger partial charge on any atom is -0.396 e. The molecule has 2 N–H and O–H groups in total. The molecule has 0 fully saturated rings. The number of imide groups is 1. The van der Waals surface area contributed by atoms with Gasteiger partial charge in [0.2, 0.25) is 0 Å². The average Bonchev–Trinajstić information content (AvgIpc) is 2.73. The zero-order valence-electron chi connectivity index (χ0n) is 15.3. The van der Waals surface area contributed by atoms with E-state index in [4.69, 9.17) is 5.11 Å². The number of rotatable bonds is 6. The van der Waals surface area contributed by atoms with E-state index in [1.807, 2.05) is 0 Å². The number of para-hydroxylation sites is 1. The molecule has 0 aliphatic carbocycles. The van der Waals surface area contributed by atoms with Crippen molar-refractivity contribution in [1.29, 1.82) is 0 Å². The highest BCUT2D eigenvalue weighted by Gasteiger charge is 2.36. The molecule has 0 bridgehead atoms. The Balaban J connectivity index is 1.96. The number of hydrogen-bond acceptors (Lipinski definition) is 6. The fraction of sp³-hybridized carbons (Fsp3) is 0.143. The number of benzene rings is 3. The Morgan fingerprint density at radius 2 is 1.72 bits per heavy atom. The lowest BCUT2D eigenvalue weighted by atomic mass is 9.91. The number of nitro groups is 1. The fourth-order valence-electron chi connectivity index (χ4n) is 3.58. The summed E-state index contributed by atoms with van der Waals surface area (Å²) in [5.74, 6) is -1.08. The van der Waals surface area contributed by atoms with Crippen LogP contribution in [0.3, 0.4) is 0 Å². The maximum absolute atomic E-state index is 13.2. The third-order valence-electron chi connectivity index (χ3n) is 4.86. The smallest absolute Gasteiger partial charge is 0.293 e. The van der Waals surface area contributed by atoms with Crippen LogP contribution in [0.15, 0.2) is 54.6 Å². The standard InChI is InChI=1S/C21H17N3O5/c25-11-5-10-22-19-14-8-4-9-15-18(14)16(12-17(19)24(28)29)21(27)23(20(15)26)13-6-2-1-3-7-13/h1-4,6-9,12,22,25H,5,10-11H2. The zero-order chi connectivity index (χ0) is 20.5. The van der Waals surface area contributed by atoms with E-state index in [2.05, 4.69) is 5.32 Å². The number of carbonyl (C=O) groups excluding carboxylic acids is 2. The number of nitrogens with zero attached hydrogens (tertiary/aromatic N) is 2. The van der Waals surface area contributed by atoms with Gasteiger partial charge in [0.25, 0.3) is 17.5 Å². The molecule has 1 aliphatic heterocycles. The van der Waals surface area contributed by atoms with Crippen LogP contribution >= 0.6 is 0 Å². The van der Waals surface area contributed by atoms with Crippen LogP contribution in [-0.4, -0.2) is 35.0 Å². The first-order valence-corrected chi connectivity index (χ1v) is 9.07. The molecule has 3 aromatic carbocycles. The molecule has 146 valence electrons. The summed E-state index contributed by atoms with van der Waals surface area (Å²) in [4.78, 5) is 38.5. The molecule has 0 aromatic heterocycles. The topological polar surface area (TPSA) is 113 Å². The third-order valence-corrected chi connectivity index (χ3v) is 4.86. The van der Waals surface area contributed by atoms with Gasteiger partial charge in [0.15, 0.2) is 0 Å². The molecule has 2 amide bonds. The molecule has 0 saturated carbocycles. The van der Waals surface area contributed by atoms with Crippen LogP contribution in [0.4, 0.5) is 17.1 Å². The van der Waals surface area contributed by atoms with Gasteiger partial charge in [-0.3, -0.25) is 19.7 Å². The minimum absolute atomic E-state index is 0.0644. The molecule has 3 aromatic rings. The quantitative estimate of drug-likeness (QED) is 0.288. The summed E-state index contributed by atoms with van der Waals surface area (Å²) in [7, 11) is 0. The van der Waals surface area contributed by atoms with Gasteiger partial charge in [-0.1, -0.05) is 30.3 Å². The van der Waals surface area contributed by atoms with Crippen molar-refractivity contribution in [2.75, 3.05) is 23.4 Å². The SMILES string of the molecule is O=C1c2cccc3c(NCCCO)c([N+](=O)[O-])cc(c23)C(=O)N1c1ccccc1. The van der Waals surface area contributed by atoms with E-state index in [0.29, 0.717) is 35.0 Å². The molecule has 1 heterocycles. The van der Waals surface area contributed by atoms with Crippen molar-refractivity contribution in [1.82, 2.24) is 0 Å². The maximum Gasteiger partial charge on any atom is 0.293 e. The summed E-state index contributed by atoms with van der Waals surface area (Å²) in [6.07, 6.45) is 0.403. The molecule has 0 saturated heterocycles. The van der Waals surface area contributed by atoms with Gasteiger partial charge in [-0.2, -0.15) is 0 Å². The summed E-state index contributed by atoms with van der Waals surface area (Å²) in [5.41, 5.74) is 0.800. The molecule has 0 spiro atoms. The van der Waals surface area contributed by atoms with Gasteiger partial charge >= 0.3 is 0 Å². The number of carbonyl (C=O) groups is 2. The van der Waals surface area contributed by atoms with E-state index >= 15 is 0 Å². The summed E-state index contributed by atoms with van der Waals surface area (Å²) in [6, 6.07) is 14.6. The molecule has 8 nitrogen and oxygen atoms in total. The summed E-state index contributed by atoms with van der Waals surface area (Å²) >= 11 is 0. The number of aliphatic hydroxyl groups excluding tert-OH is 1. The highest BCUT2D eigenvalue weighted by atomic mass is 16.6. The second kappa shape index (κ2) is 7.33. The Morgan fingerprint density at radius 3 is 2.41 bits per heavy atom. The van der Waals surface area contributed by atoms with Crippen LogP contribution in [0.25, 0.3) is 10.8 Å². The molecule has 0 radical (unpaired) electrons. The summed E-state index contributed by atoms with van der Waals surface area (Å²) < 4.78 is 0. The van der Waals surface area contributed by atoms with Crippen LogP contribution in [0, 0.1) is 10.1 Å². The second-order valence-corrected chi connectivity index (χ2v) is 6.59. The Bertz CT molecular complexity index is 1140. The van der Waals surface area contributed by atoms with Gasteiger partial charge in [-0.15, -0.1) is 0 Å². The van der Waals surface area contributed by atoms with E-state index in [9.17, 15) is 19.7 Å². The molecule has 1 aliphatic rings. The van der Waals surface area contributed by atoms with Crippen molar-refractivity contribution in [3.05, 3.63) is 75.8 Å². The van der Waals surface area contributed by atoms with E-state index in [1.54, 1.807) is 48.5 Å². The van der Waals surface area contributed by atoms with Crippen LogP contribution < -0.4 is 10.2 Å². The molecular weight excluding hydrogens is 374 g/mol. The first kappa shape index (κ1) is 18.6. The number of amides is 2. The van der Waals surface area contributed by atoms with Gasteiger partial charge in [0, 0.05) is 35.6 Å². The van der Waals surface area contributed by atoms with Crippen LogP contribution in [0.1, 0.15) is 27.1 Å². The van der Waals surface area contributed by atoms with Crippen LogP contribution in [-0.2, 0) is 0 Å². The second-order valence-electron chi connectivity index (χ2n) is 6.59. The monoisotopic (exact) mass is 391 g/mol. The highest BCUT2D eigenvalue weighted by molar-refractivity contribution is 6.36. The number of nitrogens with one attached hydrogen (secondary N) is 1. The summed E-state index contributed by atoms with van der Waals surface area (Å²) in [6.45, 7) is 0.249. The lowest BCUT2D eigenvalue weighted by Crippen LogP contribution is -2.40. The lowest BCUT2D eigenvalue weighted by Gasteiger charge is -2.27. The minimum atomic E-state index is -0.602. The number of anilines is 2. The van der Waals surface area contributed by atoms with Gasteiger partial charge in [0.05, 0.1) is 16.2 Å². The fourth-order valence-corrected chi connectivity index (χ4v) is 3.58.